The number of hydrogen-bond donors (Lipinski definition) is 3. The molecule has 0 bridgehead atoms. The minimum Gasteiger partial charge on any atom is -0.382 e. The summed E-state index contributed by atoms with van der Waals surface area (Å²) in [6.07, 6.45) is 0. The number of anilines is 1. The Morgan fingerprint density at radius 1 is 1.70 bits per heavy atom. The van der Waals surface area contributed by atoms with Crippen LogP contribution in [-0.2, 0) is 0 Å². The lowest BCUT2D eigenvalue weighted by Gasteiger charge is -1.73. The standard InChI is InChI=1S/C6H8N4/c7-3-1-2-5-4-6(8)10-9-5/h4H,3,7H2,(H3,8,9,10). The number of aromatic amines is 1. The van der Waals surface area contributed by atoms with Gasteiger partial charge in [-0.3, -0.25) is 5.10 Å². The second-order valence-electron chi connectivity index (χ2n) is 1.71. The van der Waals surface area contributed by atoms with Gasteiger partial charge in [0, 0.05) is 6.07 Å². The normalized spacial score (nSPS) is 8.50. The highest BCUT2D eigenvalue weighted by Crippen LogP contribution is 1.96. The minimum absolute atomic E-state index is 0.346. The number of aromatic nitrogens is 2. The molecule has 0 atom stereocenters. The van der Waals surface area contributed by atoms with E-state index >= 15 is 0 Å². The Kier molecular flexibility index (Phi) is 1.92. The van der Waals surface area contributed by atoms with Gasteiger partial charge in [-0.15, -0.1) is 0 Å². The van der Waals surface area contributed by atoms with Crippen molar-refractivity contribution >= 4 is 5.82 Å². The topological polar surface area (TPSA) is 80.7 Å². The van der Waals surface area contributed by atoms with Gasteiger partial charge in [-0.2, -0.15) is 5.10 Å². The van der Waals surface area contributed by atoms with Crippen molar-refractivity contribution in [2.75, 3.05) is 12.3 Å². The van der Waals surface area contributed by atoms with E-state index in [-0.39, 0.29) is 0 Å². The summed E-state index contributed by atoms with van der Waals surface area (Å²) in [5.41, 5.74) is 11.2. The average Bonchev–Trinajstić information content (AvgIpc) is 2.31. The molecule has 0 unspecified atom stereocenters. The fourth-order valence-corrected chi connectivity index (χ4v) is 0.547. The number of nitrogen functional groups attached to an aromatic ring is 1. The first kappa shape index (κ1) is 6.65. The molecule has 0 amide bonds. The Hall–Kier alpha value is -1.47. The number of nitrogens with one attached hydrogen (secondary N) is 1. The van der Waals surface area contributed by atoms with Crippen molar-refractivity contribution in [2.45, 2.75) is 0 Å². The summed E-state index contributed by atoms with van der Waals surface area (Å²) in [4.78, 5) is 0. The summed E-state index contributed by atoms with van der Waals surface area (Å²) in [6.45, 7) is 0.346. The maximum atomic E-state index is 5.31. The van der Waals surface area contributed by atoms with Crippen LogP contribution in [0.3, 0.4) is 0 Å². The van der Waals surface area contributed by atoms with Gasteiger partial charge in [-0.25, -0.2) is 0 Å². The quantitative estimate of drug-likeness (QED) is 0.412. The van der Waals surface area contributed by atoms with Crippen molar-refractivity contribution in [2.24, 2.45) is 5.73 Å². The summed E-state index contributed by atoms with van der Waals surface area (Å²) in [7, 11) is 0. The molecule has 1 rings (SSSR count). The summed E-state index contributed by atoms with van der Waals surface area (Å²) in [5.74, 6) is 5.87. The van der Waals surface area contributed by atoms with Gasteiger partial charge in [0.15, 0.2) is 0 Å². The van der Waals surface area contributed by atoms with Gasteiger partial charge in [0.2, 0.25) is 0 Å². The third-order valence-corrected chi connectivity index (χ3v) is 0.923. The van der Waals surface area contributed by atoms with Crippen LogP contribution in [0.1, 0.15) is 5.69 Å². The van der Waals surface area contributed by atoms with Crippen molar-refractivity contribution in [3.63, 3.8) is 0 Å². The Bertz CT molecular complexity index is 265. The van der Waals surface area contributed by atoms with E-state index in [9.17, 15) is 0 Å². The van der Waals surface area contributed by atoms with Gasteiger partial charge in [0.25, 0.3) is 0 Å². The smallest absolute Gasteiger partial charge is 0.146 e. The molecule has 0 aromatic carbocycles. The zero-order valence-electron chi connectivity index (χ0n) is 5.39. The van der Waals surface area contributed by atoms with E-state index in [1.807, 2.05) is 0 Å². The van der Waals surface area contributed by atoms with Crippen LogP contribution in [0.5, 0.6) is 0 Å². The molecule has 4 nitrogen and oxygen atoms in total. The van der Waals surface area contributed by atoms with Crippen LogP contribution in [0.2, 0.25) is 0 Å². The van der Waals surface area contributed by atoms with E-state index in [2.05, 4.69) is 22.0 Å². The van der Waals surface area contributed by atoms with Crippen LogP contribution in [0.15, 0.2) is 6.07 Å². The Labute approximate surface area is 58.6 Å². The highest BCUT2D eigenvalue weighted by atomic mass is 15.1. The maximum Gasteiger partial charge on any atom is 0.146 e. The number of hydrogen-bond acceptors (Lipinski definition) is 3. The predicted molar refractivity (Wildman–Crippen MR) is 38.9 cm³/mol. The second kappa shape index (κ2) is 2.90. The molecule has 0 aliphatic carbocycles. The Balaban J connectivity index is 2.76. The first-order valence-corrected chi connectivity index (χ1v) is 2.83. The monoisotopic (exact) mass is 136 g/mol. The average molecular weight is 136 g/mol. The molecule has 52 valence electrons. The van der Waals surface area contributed by atoms with Gasteiger partial charge in [0.05, 0.1) is 6.54 Å². The largest absolute Gasteiger partial charge is 0.382 e. The third kappa shape index (κ3) is 1.50. The van der Waals surface area contributed by atoms with Crippen LogP contribution in [0.25, 0.3) is 0 Å². The molecule has 0 aliphatic rings. The lowest BCUT2D eigenvalue weighted by atomic mass is 10.4. The van der Waals surface area contributed by atoms with Crippen LogP contribution in [0.4, 0.5) is 5.82 Å². The van der Waals surface area contributed by atoms with Crippen LogP contribution in [-0.4, -0.2) is 16.7 Å². The van der Waals surface area contributed by atoms with Gasteiger partial charge in [-0.1, -0.05) is 5.92 Å². The zero-order valence-corrected chi connectivity index (χ0v) is 5.39. The number of nitrogens with two attached hydrogens (primary N) is 2. The van der Waals surface area contributed by atoms with Gasteiger partial charge in [0.1, 0.15) is 11.5 Å². The number of rotatable bonds is 0. The highest BCUT2D eigenvalue weighted by Gasteiger charge is 1.89. The lowest BCUT2D eigenvalue weighted by molar-refractivity contribution is 1.08. The van der Waals surface area contributed by atoms with E-state index in [0.717, 1.165) is 0 Å². The highest BCUT2D eigenvalue weighted by molar-refractivity contribution is 5.37. The van der Waals surface area contributed by atoms with Crippen molar-refractivity contribution in [1.82, 2.24) is 10.2 Å². The lowest BCUT2D eigenvalue weighted by Crippen LogP contribution is -1.92. The Morgan fingerprint density at radius 2 is 2.50 bits per heavy atom. The molecule has 10 heavy (non-hydrogen) atoms. The van der Waals surface area contributed by atoms with Crippen molar-refractivity contribution in [3.05, 3.63) is 11.8 Å². The van der Waals surface area contributed by atoms with Gasteiger partial charge >= 0.3 is 0 Å². The molecule has 0 spiro atoms. The Morgan fingerprint density at radius 3 is 3.00 bits per heavy atom. The summed E-state index contributed by atoms with van der Waals surface area (Å²) in [5, 5.41) is 6.32. The fourth-order valence-electron chi connectivity index (χ4n) is 0.547. The van der Waals surface area contributed by atoms with E-state index in [4.69, 9.17) is 11.5 Å². The second-order valence-corrected chi connectivity index (χ2v) is 1.71. The predicted octanol–water partition coefficient (Wildman–Crippen LogP) is -0.698. The van der Waals surface area contributed by atoms with Gasteiger partial charge in [-0.05, 0) is 5.92 Å². The van der Waals surface area contributed by atoms with E-state index < -0.39 is 0 Å². The summed E-state index contributed by atoms with van der Waals surface area (Å²) in [6, 6.07) is 1.66. The molecule has 5 N–H and O–H groups in total. The summed E-state index contributed by atoms with van der Waals surface area (Å²) < 4.78 is 0. The molecule has 4 heteroatoms. The van der Waals surface area contributed by atoms with Crippen LogP contribution < -0.4 is 11.5 Å². The van der Waals surface area contributed by atoms with Crippen molar-refractivity contribution in [1.29, 1.82) is 0 Å². The molecule has 0 saturated heterocycles. The van der Waals surface area contributed by atoms with Crippen LogP contribution in [0, 0.1) is 11.8 Å². The maximum absolute atomic E-state index is 5.31. The molecule has 0 aliphatic heterocycles. The van der Waals surface area contributed by atoms with Crippen molar-refractivity contribution < 1.29 is 0 Å². The minimum atomic E-state index is 0.346. The number of H-pyrrole nitrogens is 1. The fraction of sp³-hybridized carbons (Fsp3) is 0.167. The number of nitrogens with zero attached hydrogens (tertiary/aromatic N) is 1. The summed E-state index contributed by atoms with van der Waals surface area (Å²) >= 11 is 0. The van der Waals surface area contributed by atoms with Gasteiger partial charge < -0.3 is 11.5 Å². The van der Waals surface area contributed by atoms with Crippen molar-refractivity contribution in [3.8, 4) is 11.8 Å². The molecule has 1 heterocycles. The van der Waals surface area contributed by atoms with Crippen LogP contribution >= 0.6 is 0 Å². The molecule has 0 saturated carbocycles. The van der Waals surface area contributed by atoms with E-state index in [1.165, 1.54) is 0 Å². The van der Waals surface area contributed by atoms with E-state index in [1.54, 1.807) is 6.07 Å². The molecular weight excluding hydrogens is 128 g/mol. The molecular formula is C6H8N4. The zero-order chi connectivity index (χ0) is 7.40. The first-order valence-electron chi connectivity index (χ1n) is 2.83. The van der Waals surface area contributed by atoms with E-state index in [0.29, 0.717) is 18.1 Å². The third-order valence-electron chi connectivity index (χ3n) is 0.923. The molecule has 0 radical (unpaired) electrons. The first-order chi connectivity index (χ1) is 4.83. The SMILES string of the molecule is NCC#Cc1cc(N)n[nH]1. The molecule has 1 aromatic rings. The molecule has 0 fully saturated rings. The molecule has 1 aromatic heterocycles.